The molecule has 0 spiro atoms. The first-order chi connectivity index (χ1) is 14.8. The number of nitrogens with one attached hydrogen (secondary N) is 1. The Bertz CT molecular complexity index is 1030. The largest absolute Gasteiger partial charge is 0.356 e. The summed E-state index contributed by atoms with van der Waals surface area (Å²) in [6.07, 6.45) is -0.877. The minimum atomic E-state index is -3.98. The number of benzene rings is 2. The molecular formula is C23H29F2NO5S. The van der Waals surface area contributed by atoms with Crippen LogP contribution in [0.3, 0.4) is 0 Å². The SMILES string of the molecule is Cc1ccc(S(=O)(=O)OC[C@@H]2C[C@@]2(CNC(O)OC(C)(C)C)c2cc(F)cc(F)c2)cc1. The van der Waals surface area contributed by atoms with Crippen molar-refractivity contribution in [2.45, 2.75) is 56.4 Å². The predicted octanol–water partition coefficient (Wildman–Crippen LogP) is 3.62. The van der Waals surface area contributed by atoms with E-state index < -0.39 is 39.2 Å². The van der Waals surface area contributed by atoms with Gasteiger partial charge in [0.2, 0.25) is 6.41 Å². The molecule has 2 N–H and O–H groups in total. The number of hydrogen-bond acceptors (Lipinski definition) is 6. The monoisotopic (exact) mass is 469 g/mol. The maximum atomic E-state index is 13.9. The molecule has 0 heterocycles. The summed E-state index contributed by atoms with van der Waals surface area (Å²) in [6.45, 7) is 7.13. The van der Waals surface area contributed by atoms with Crippen LogP contribution in [0.15, 0.2) is 47.4 Å². The van der Waals surface area contributed by atoms with E-state index in [1.807, 2.05) is 6.92 Å². The third-order valence-electron chi connectivity index (χ3n) is 5.46. The second-order valence-corrected chi connectivity index (χ2v) is 10.8. The highest BCUT2D eigenvalue weighted by molar-refractivity contribution is 7.86. The summed E-state index contributed by atoms with van der Waals surface area (Å²) in [7, 11) is -3.98. The minimum absolute atomic E-state index is 0.0401. The van der Waals surface area contributed by atoms with Crippen molar-refractivity contribution in [2.75, 3.05) is 13.2 Å². The first-order valence-corrected chi connectivity index (χ1v) is 11.7. The smallest absolute Gasteiger partial charge is 0.296 e. The molecule has 1 aliphatic carbocycles. The van der Waals surface area contributed by atoms with Crippen LogP contribution in [0.4, 0.5) is 8.78 Å². The number of aliphatic hydroxyl groups excluding tert-OH is 1. The van der Waals surface area contributed by atoms with Crippen molar-refractivity contribution in [2.24, 2.45) is 5.92 Å². The van der Waals surface area contributed by atoms with E-state index in [-0.39, 0.29) is 24.0 Å². The fourth-order valence-corrected chi connectivity index (χ4v) is 4.65. The summed E-state index contributed by atoms with van der Waals surface area (Å²) in [5.41, 5.74) is -0.139. The van der Waals surface area contributed by atoms with Crippen LogP contribution in [0, 0.1) is 24.5 Å². The molecule has 6 nitrogen and oxygen atoms in total. The van der Waals surface area contributed by atoms with Crippen LogP contribution in [0.5, 0.6) is 0 Å². The highest BCUT2D eigenvalue weighted by Crippen LogP contribution is 2.54. The maximum Gasteiger partial charge on any atom is 0.296 e. The number of aryl methyl sites for hydroxylation is 1. The quantitative estimate of drug-likeness (QED) is 0.431. The molecule has 1 unspecified atom stereocenters. The Morgan fingerprint density at radius 3 is 2.31 bits per heavy atom. The van der Waals surface area contributed by atoms with E-state index in [1.54, 1.807) is 32.9 Å². The molecule has 2 aromatic carbocycles. The normalized spacial score (nSPS) is 22.0. The molecular weight excluding hydrogens is 440 g/mol. The molecule has 2 aromatic rings. The molecule has 1 saturated carbocycles. The van der Waals surface area contributed by atoms with Gasteiger partial charge in [-0.25, -0.2) is 8.78 Å². The molecule has 9 heteroatoms. The Kier molecular flexibility index (Phi) is 7.07. The Balaban J connectivity index is 1.75. The molecule has 0 aliphatic heterocycles. The average Bonchev–Trinajstić information content (AvgIpc) is 3.38. The first-order valence-electron chi connectivity index (χ1n) is 10.3. The lowest BCUT2D eigenvalue weighted by molar-refractivity contribution is -0.182. The summed E-state index contributed by atoms with van der Waals surface area (Å²) in [6, 6.07) is 9.49. The molecule has 3 atom stereocenters. The fraction of sp³-hybridized carbons (Fsp3) is 0.478. The molecule has 3 rings (SSSR count). The van der Waals surface area contributed by atoms with Gasteiger partial charge in [0, 0.05) is 18.0 Å². The Hall–Kier alpha value is -1.91. The Morgan fingerprint density at radius 2 is 1.75 bits per heavy atom. The lowest BCUT2D eigenvalue weighted by Gasteiger charge is -2.27. The van der Waals surface area contributed by atoms with Crippen molar-refractivity contribution in [3.05, 3.63) is 65.2 Å². The number of halogens is 2. The van der Waals surface area contributed by atoms with Crippen molar-refractivity contribution in [3.63, 3.8) is 0 Å². The summed E-state index contributed by atoms with van der Waals surface area (Å²) in [5, 5.41) is 13.0. The van der Waals surface area contributed by atoms with Crippen LogP contribution < -0.4 is 5.32 Å². The molecule has 0 radical (unpaired) electrons. The van der Waals surface area contributed by atoms with Gasteiger partial charge in [0.05, 0.1) is 17.1 Å². The van der Waals surface area contributed by atoms with E-state index in [1.165, 1.54) is 24.3 Å². The molecule has 0 amide bonds. The van der Waals surface area contributed by atoms with Gasteiger partial charge in [-0.3, -0.25) is 9.50 Å². The van der Waals surface area contributed by atoms with Crippen molar-refractivity contribution in [1.82, 2.24) is 5.32 Å². The van der Waals surface area contributed by atoms with Crippen molar-refractivity contribution >= 4 is 10.1 Å². The summed E-state index contributed by atoms with van der Waals surface area (Å²) < 4.78 is 63.6. The number of hydrogen-bond donors (Lipinski definition) is 2. The zero-order chi connectivity index (χ0) is 23.7. The van der Waals surface area contributed by atoms with Crippen molar-refractivity contribution in [1.29, 1.82) is 0 Å². The highest BCUT2D eigenvalue weighted by atomic mass is 32.2. The van der Waals surface area contributed by atoms with E-state index in [4.69, 9.17) is 8.92 Å². The molecule has 0 bridgehead atoms. The van der Waals surface area contributed by atoms with E-state index in [0.29, 0.717) is 12.0 Å². The minimum Gasteiger partial charge on any atom is -0.356 e. The van der Waals surface area contributed by atoms with Gasteiger partial charge < -0.3 is 9.84 Å². The van der Waals surface area contributed by atoms with E-state index in [9.17, 15) is 22.3 Å². The van der Waals surface area contributed by atoms with Gasteiger partial charge in [0.15, 0.2) is 0 Å². The third kappa shape index (κ3) is 6.11. The zero-order valence-corrected chi connectivity index (χ0v) is 19.4. The zero-order valence-electron chi connectivity index (χ0n) is 18.6. The van der Waals surface area contributed by atoms with Gasteiger partial charge in [-0.05, 0) is 69.9 Å². The van der Waals surface area contributed by atoms with E-state index in [2.05, 4.69) is 5.32 Å². The van der Waals surface area contributed by atoms with Gasteiger partial charge in [-0.2, -0.15) is 8.42 Å². The predicted molar refractivity (Wildman–Crippen MR) is 115 cm³/mol. The van der Waals surface area contributed by atoms with Gasteiger partial charge in [0.1, 0.15) is 11.6 Å². The van der Waals surface area contributed by atoms with Gasteiger partial charge in [-0.15, -0.1) is 0 Å². The topological polar surface area (TPSA) is 84.9 Å². The van der Waals surface area contributed by atoms with Gasteiger partial charge >= 0.3 is 0 Å². The number of aliphatic hydroxyl groups is 1. The molecule has 0 saturated heterocycles. The first kappa shape index (κ1) is 24.7. The van der Waals surface area contributed by atoms with Crippen LogP contribution in [-0.4, -0.2) is 38.7 Å². The third-order valence-corrected chi connectivity index (χ3v) is 6.76. The summed E-state index contributed by atoms with van der Waals surface area (Å²) in [4.78, 5) is 0.0401. The van der Waals surface area contributed by atoms with Crippen molar-refractivity contribution < 1.29 is 31.2 Å². The second-order valence-electron chi connectivity index (χ2n) is 9.23. The molecule has 0 aromatic heterocycles. The molecule has 1 fully saturated rings. The Labute approximate surface area is 187 Å². The van der Waals surface area contributed by atoms with Crippen LogP contribution in [0.25, 0.3) is 0 Å². The van der Waals surface area contributed by atoms with Crippen LogP contribution in [0.2, 0.25) is 0 Å². The molecule has 176 valence electrons. The van der Waals surface area contributed by atoms with Crippen LogP contribution in [-0.2, 0) is 24.5 Å². The number of ether oxygens (including phenoxy) is 1. The number of rotatable bonds is 9. The lowest BCUT2D eigenvalue weighted by atomic mass is 9.93. The molecule has 1 aliphatic rings. The maximum absolute atomic E-state index is 13.9. The van der Waals surface area contributed by atoms with Crippen LogP contribution in [0.1, 0.15) is 38.3 Å². The van der Waals surface area contributed by atoms with E-state index >= 15 is 0 Å². The lowest BCUT2D eigenvalue weighted by Crippen LogP contribution is -2.42. The van der Waals surface area contributed by atoms with Crippen molar-refractivity contribution in [3.8, 4) is 0 Å². The Morgan fingerprint density at radius 1 is 1.16 bits per heavy atom. The fourth-order valence-electron chi connectivity index (χ4n) is 3.70. The molecule has 32 heavy (non-hydrogen) atoms. The summed E-state index contributed by atoms with van der Waals surface area (Å²) in [5.74, 6) is -1.80. The standard InChI is InChI=1S/C23H29F2NO5S/c1-15-5-7-20(8-6-15)32(28,29)30-13-17-12-23(17,14-26-21(27)31-22(2,3)4)16-9-18(24)11-19(25)10-16/h5-11,17,21,26-27H,12-14H2,1-4H3/t17-,21?,23+/m0/s1. The second kappa shape index (κ2) is 9.15. The van der Waals surface area contributed by atoms with Gasteiger partial charge in [0.25, 0.3) is 10.1 Å². The average molecular weight is 470 g/mol. The van der Waals surface area contributed by atoms with E-state index in [0.717, 1.165) is 11.6 Å². The van der Waals surface area contributed by atoms with Gasteiger partial charge in [-0.1, -0.05) is 17.7 Å². The van der Waals surface area contributed by atoms with Crippen LogP contribution >= 0.6 is 0 Å². The highest BCUT2D eigenvalue weighted by Gasteiger charge is 2.56. The summed E-state index contributed by atoms with van der Waals surface area (Å²) >= 11 is 0.